The maximum Gasteiger partial charge on any atom is 0.294 e. The van der Waals surface area contributed by atoms with E-state index in [-0.39, 0.29) is 55.1 Å². The molecule has 0 fully saturated rings. The van der Waals surface area contributed by atoms with Gasteiger partial charge in [0.15, 0.2) is 5.75 Å². The molecule has 0 radical (unpaired) electrons. The quantitative estimate of drug-likeness (QED) is 0.0325. The minimum Gasteiger partial charge on any atom is -0.506 e. The Kier molecular flexibility index (Phi) is 8.98. The lowest BCUT2D eigenvalue weighted by Crippen LogP contribution is -2.09. The first kappa shape index (κ1) is 31.7. The molecule has 5 aromatic carbocycles. The fourth-order valence-corrected chi connectivity index (χ4v) is 5.79. The number of hydrogen-bond acceptors (Lipinski definition) is 14. The highest BCUT2D eigenvalue weighted by molar-refractivity contribution is 7.94. The van der Waals surface area contributed by atoms with Crippen LogP contribution in [0.4, 0.5) is 28.4 Å². The van der Waals surface area contributed by atoms with Crippen LogP contribution in [0.25, 0.3) is 21.5 Å². The Labute approximate surface area is 259 Å². The molecule has 0 aliphatic heterocycles. The Morgan fingerprint density at radius 1 is 0.778 bits per heavy atom. The zero-order valence-corrected chi connectivity index (χ0v) is 25.2. The molecule has 5 aromatic rings. The van der Waals surface area contributed by atoms with Gasteiger partial charge in [-0.2, -0.15) is 13.5 Å². The molecule has 0 heterocycles. The van der Waals surface area contributed by atoms with Gasteiger partial charge in [0, 0.05) is 10.8 Å². The van der Waals surface area contributed by atoms with E-state index in [1.807, 2.05) is 0 Å². The van der Waals surface area contributed by atoms with Crippen LogP contribution >= 0.6 is 12.0 Å². The van der Waals surface area contributed by atoms with Crippen molar-refractivity contribution < 1.29 is 46.2 Å². The summed E-state index contributed by atoms with van der Waals surface area (Å²) in [6.07, 6.45) is 0.979. The number of sulfonamides is 1. The number of aromatic hydroxyl groups is 2. The third-order valence-corrected chi connectivity index (χ3v) is 8.21. The monoisotopic (exact) mass is 671 g/mol. The van der Waals surface area contributed by atoms with E-state index in [2.05, 4.69) is 34.6 Å². The van der Waals surface area contributed by atoms with Crippen molar-refractivity contribution in [1.82, 2.24) is 0 Å². The molecule has 0 atom stereocenters. The third-order valence-electron chi connectivity index (χ3n) is 6.15. The fraction of sp³-hybridized carbons (Fsp3) is 0.0370. The average molecular weight is 672 g/mol. The number of anilines is 1. The number of nitrogens with zero attached hydrogens (tertiary/aromatic N) is 4. The number of phenolic OH excluding ortho intramolecular Hbond substituents is 2. The second-order valence-corrected chi connectivity index (χ2v) is 13.2. The number of para-hydroxylation sites is 1. The Balaban J connectivity index is 1.56. The zero-order chi connectivity index (χ0) is 32.4. The summed E-state index contributed by atoms with van der Waals surface area (Å²) in [5.41, 5.74) is 0.432. The van der Waals surface area contributed by atoms with Crippen LogP contribution in [0.1, 0.15) is 0 Å². The predicted molar refractivity (Wildman–Crippen MR) is 165 cm³/mol. The van der Waals surface area contributed by atoms with Crippen molar-refractivity contribution in [1.29, 1.82) is 0 Å². The summed E-state index contributed by atoms with van der Waals surface area (Å²) in [7, 11) is -8.08. The van der Waals surface area contributed by atoms with Gasteiger partial charge in [-0.25, -0.2) is 13.7 Å². The maximum absolute atomic E-state index is 11.8. The first-order valence-electron chi connectivity index (χ1n) is 12.4. The smallest absolute Gasteiger partial charge is 0.294 e. The maximum atomic E-state index is 11.8. The average Bonchev–Trinajstić information content (AvgIpc) is 2.98. The van der Waals surface area contributed by atoms with Gasteiger partial charge in [-0.1, -0.05) is 35.4 Å². The fourth-order valence-electron chi connectivity index (χ4n) is 4.21. The topological polar surface area (TPSA) is 229 Å². The standard InChI is InChI=1S/C27H21N5O10S3/c1-44(36,37)32-22-5-3-2-4-21(22)29-31-26-24(43-42-41-35)13-16-6-8-17(14-20(16)27(26)34)28-30-25-19-10-9-18(45(38,39)40)12-15(19)7-11-23(25)33/h2-14,32-35H,1H3,(H,38,39,40). The molecule has 5 rings (SSSR count). The first-order valence-corrected chi connectivity index (χ1v) is 16.5. The van der Waals surface area contributed by atoms with E-state index in [0.717, 1.165) is 12.3 Å². The van der Waals surface area contributed by atoms with Crippen LogP contribution in [0.3, 0.4) is 0 Å². The highest BCUT2D eigenvalue weighted by atomic mass is 32.2. The molecule has 232 valence electrons. The van der Waals surface area contributed by atoms with Gasteiger partial charge in [-0.15, -0.1) is 19.7 Å². The van der Waals surface area contributed by atoms with Crippen LogP contribution in [0.2, 0.25) is 0 Å². The predicted octanol–water partition coefficient (Wildman–Crippen LogP) is 7.28. The van der Waals surface area contributed by atoms with E-state index < -0.39 is 20.1 Å². The molecule has 15 nitrogen and oxygen atoms in total. The van der Waals surface area contributed by atoms with E-state index in [0.29, 0.717) is 28.2 Å². The number of benzene rings is 5. The highest BCUT2D eigenvalue weighted by Gasteiger charge is 2.17. The first-order chi connectivity index (χ1) is 21.3. The van der Waals surface area contributed by atoms with E-state index in [1.54, 1.807) is 30.3 Å². The van der Waals surface area contributed by atoms with E-state index in [9.17, 15) is 31.6 Å². The molecule has 0 amide bonds. The second-order valence-electron chi connectivity index (χ2n) is 9.29. The summed E-state index contributed by atoms with van der Waals surface area (Å²) in [5, 5.41) is 52.0. The van der Waals surface area contributed by atoms with E-state index in [1.165, 1.54) is 42.5 Å². The lowest BCUT2D eigenvalue weighted by atomic mass is 10.1. The normalized spacial score (nSPS) is 12.5. The van der Waals surface area contributed by atoms with Gasteiger partial charge in [-0.05, 0) is 59.3 Å². The van der Waals surface area contributed by atoms with Gasteiger partial charge >= 0.3 is 0 Å². The van der Waals surface area contributed by atoms with Crippen LogP contribution in [0.15, 0.2) is 109 Å². The minimum atomic E-state index is -4.45. The van der Waals surface area contributed by atoms with Gasteiger partial charge in [0.1, 0.15) is 22.8 Å². The van der Waals surface area contributed by atoms with Crippen LogP contribution in [-0.4, -0.2) is 43.1 Å². The molecule has 0 aromatic heterocycles. The molecule has 0 saturated carbocycles. The Hall–Kier alpha value is -4.69. The number of nitrogens with one attached hydrogen (secondary N) is 1. The summed E-state index contributed by atoms with van der Waals surface area (Å²) >= 11 is 0.522. The van der Waals surface area contributed by atoms with Crippen molar-refractivity contribution in [2.75, 3.05) is 11.0 Å². The largest absolute Gasteiger partial charge is 0.506 e. The minimum absolute atomic E-state index is 0.0301. The van der Waals surface area contributed by atoms with Gasteiger partial charge in [0.2, 0.25) is 10.0 Å². The van der Waals surface area contributed by atoms with Crippen molar-refractivity contribution in [2.45, 2.75) is 9.79 Å². The van der Waals surface area contributed by atoms with Crippen LogP contribution in [0.5, 0.6) is 11.5 Å². The number of azo groups is 2. The summed E-state index contributed by atoms with van der Waals surface area (Å²) in [4.78, 5) is -0.157. The molecule has 0 bridgehead atoms. The SMILES string of the molecule is CS(=O)(=O)Nc1ccccc1N=Nc1c(SOOO)cc2ccc(N=Nc3c(O)ccc4cc(S(=O)(=O)O)ccc34)cc2c1O. The summed E-state index contributed by atoms with van der Waals surface area (Å²) in [6, 6.07) is 18.9. The van der Waals surface area contributed by atoms with Crippen molar-refractivity contribution in [2.24, 2.45) is 20.5 Å². The molecule has 5 N–H and O–H groups in total. The van der Waals surface area contributed by atoms with Crippen LogP contribution in [0, 0.1) is 0 Å². The Morgan fingerprint density at radius 2 is 1.49 bits per heavy atom. The lowest BCUT2D eigenvalue weighted by molar-refractivity contribution is -0.432. The van der Waals surface area contributed by atoms with Crippen molar-refractivity contribution in [3.8, 4) is 11.5 Å². The molecule has 0 aliphatic carbocycles. The van der Waals surface area contributed by atoms with Crippen molar-refractivity contribution in [3.63, 3.8) is 0 Å². The Morgan fingerprint density at radius 3 is 2.22 bits per heavy atom. The van der Waals surface area contributed by atoms with Crippen molar-refractivity contribution >= 4 is 82.2 Å². The molecule has 45 heavy (non-hydrogen) atoms. The molecule has 0 unspecified atom stereocenters. The van der Waals surface area contributed by atoms with Crippen LogP contribution < -0.4 is 4.72 Å². The highest BCUT2D eigenvalue weighted by Crippen LogP contribution is 2.45. The molecule has 0 aliphatic rings. The number of fused-ring (bicyclic) bond motifs is 2. The third kappa shape index (κ3) is 7.35. The lowest BCUT2D eigenvalue weighted by Gasteiger charge is -2.10. The molecule has 0 saturated heterocycles. The summed E-state index contributed by atoms with van der Waals surface area (Å²) in [6.45, 7) is 0. The Bertz CT molecular complexity index is 2230. The van der Waals surface area contributed by atoms with Crippen LogP contribution in [-0.2, 0) is 29.5 Å². The summed E-state index contributed by atoms with van der Waals surface area (Å²) < 4.78 is 62.8. The zero-order valence-electron chi connectivity index (χ0n) is 22.8. The number of hydrogen-bond donors (Lipinski definition) is 5. The van der Waals surface area contributed by atoms with Gasteiger partial charge in [0.05, 0.1) is 39.5 Å². The summed E-state index contributed by atoms with van der Waals surface area (Å²) in [5.74, 6) is -0.618. The molecular weight excluding hydrogens is 651 g/mol. The van der Waals surface area contributed by atoms with Crippen molar-refractivity contribution in [3.05, 3.63) is 78.9 Å². The second kappa shape index (κ2) is 12.7. The molecule has 0 spiro atoms. The number of phenols is 2. The van der Waals surface area contributed by atoms with E-state index in [4.69, 9.17) is 5.26 Å². The van der Waals surface area contributed by atoms with Gasteiger partial charge in [-0.3, -0.25) is 9.27 Å². The number of rotatable bonds is 10. The van der Waals surface area contributed by atoms with Gasteiger partial charge < -0.3 is 10.2 Å². The van der Waals surface area contributed by atoms with E-state index >= 15 is 0 Å². The molecule has 18 heteroatoms. The van der Waals surface area contributed by atoms with Gasteiger partial charge in [0.25, 0.3) is 10.1 Å². The molecular formula is C27H21N5O10S3.